The normalized spacial score (nSPS) is 18.2. The lowest BCUT2D eigenvalue weighted by Crippen LogP contribution is -2.50. The Labute approximate surface area is 97.1 Å². The number of anilines is 2. The van der Waals surface area contributed by atoms with Crippen LogP contribution in [0.15, 0.2) is 18.2 Å². The molecule has 1 aromatic carbocycles. The van der Waals surface area contributed by atoms with E-state index in [1.807, 2.05) is 12.1 Å². The molecule has 0 saturated heterocycles. The van der Waals surface area contributed by atoms with Crippen LogP contribution in [0, 0.1) is 0 Å². The number of phenolic OH excluding ortho intramolecular Hbond substituents is 1. The Balaban J connectivity index is 2.47. The average Bonchev–Trinajstić information content (AvgIpc) is 2.16. The highest BCUT2D eigenvalue weighted by Gasteiger charge is 2.30. The second-order valence-corrected chi connectivity index (χ2v) is 5.43. The quantitative estimate of drug-likeness (QED) is 0.714. The Morgan fingerprint density at radius 1 is 1.38 bits per heavy atom. The van der Waals surface area contributed by atoms with Gasteiger partial charge in [-0.1, -0.05) is 0 Å². The van der Waals surface area contributed by atoms with Crippen molar-refractivity contribution < 1.29 is 5.11 Å². The Bertz CT molecular complexity index is 399. The van der Waals surface area contributed by atoms with E-state index in [2.05, 4.69) is 37.9 Å². The van der Waals surface area contributed by atoms with Crippen LogP contribution in [0.5, 0.6) is 5.75 Å². The Morgan fingerprint density at radius 3 is 2.69 bits per heavy atom. The van der Waals surface area contributed by atoms with E-state index >= 15 is 0 Å². The molecule has 3 nitrogen and oxygen atoms in total. The molecular weight excluding hydrogens is 200 g/mol. The van der Waals surface area contributed by atoms with Gasteiger partial charge in [0.25, 0.3) is 0 Å². The summed E-state index contributed by atoms with van der Waals surface area (Å²) in [6.45, 7) is 9.68. The predicted molar refractivity (Wildman–Crippen MR) is 68.3 cm³/mol. The van der Waals surface area contributed by atoms with Gasteiger partial charge in [-0.2, -0.15) is 0 Å². The molecule has 0 spiro atoms. The van der Waals surface area contributed by atoms with Crippen molar-refractivity contribution in [3.63, 3.8) is 0 Å². The average molecular weight is 220 g/mol. The molecule has 16 heavy (non-hydrogen) atoms. The monoisotopic (exact) mass is 220 g/mol. The van der Waals surface area contributed by atoms with Crippen LogP contribution in [0.4, 0.5) is 11.4 Å². The van der Waals surface area contributed by atoms with E-state index in [4.69, 9.17) is 0 Å². The molecule has 1 heterocycles. The van der Waals surface area contributed by atoms with Crippen LogP contribution in [0.25, 0.3) is 0 Å². The fraction of sp³-hybridized carbons (Fsp3) is 0.538. The smallest absolute Gasteiger partial charge is 0.117 e. The van der Waals surface area contributed by atoms with E-state index in [1.54, 1.807) is 6.07 Å². The summed E-state index contributed by atoms with van der Waals surface area (Å²) in [5.41, 5.74) is 2.26. The van der Waals surface area contributed by atoms with Crippen LogP contribution < -0.4 is 10.2 Å². The zero-order chi connectivity index (χ0) is 11.9. The molecule has 0 fully saturated rings. The van der Waals surface area contributed by atoms with Gasteiger partial charge in [0.15, 0.2) is 0 Å². The van der Waals surface area contributed by atoms with E-state index in [0.717, 1.165) is 17.9 Å². The number of rotatable bonds is 1. The molecule has 88 valence electrons. The minimum absolute atomic E-state index is 0.0637. The minimum Gasteiger partial charge on any atom is -0.508 e. The van der Waals surface area contributed by atoms with Gasteiger partial charge in [0.2, 0.25) is 0 Å². The van der Waals surface area contributed by atoms with Crippen LogP contribution in [0.1, 0.15) is 27.7 Å². The lowest BCUT2D eigenvalue weighted by atomic mass is 9.98. The number of hydrogen-bond acceptors (Lipinski definition) is 3. The van der Waals surface area contributed by atoms with E-state index in [0.29, 0.717) is 11.8 Å². The Morgan fingerprint density at radius 2 is 2.06 bits per heavy atom. The second kappa shape index (κ2) is 3.58. The van der Waals surface area contributed by atoms with Crippen LogP contribution in [0.2, 0.25) is 0 Å². The third-order valence-electron chi connectivity index (χ3n) is 2.95. The largest absolute Gasteiger partial charge is 0.508 e. The van der Waals surface area contributed by atoms with Crippen LogP contribution in [0.3, 0.4) is 0 Å². The third-order valence-corrected chi connectivity index (χ3v) is 2.95. The maximum Gasteiger partial charge on any atom is 0.117 e. The third kappa shape index (κ3) is 1.94. The summed E-state index contributed by atoms with van der Waals surface area (Å²) >= 11 is 0. The molecule has 3 heteroatoms. The van der Waals surface area contributed by atoms with E-state index in [1.165, 1.54) is 0 Å². The Kier molecular flexibility index (Phi) is 2.49. The number of nitrogens with zero attached hydrogens (tertiary/aromatic N) is 1. The van der Waals surface area contributed by atoms with E-state index < -0.39 is 0 Å². The molecule has 1 aliphatic heterocycles. The summed E-state index contributed by atoms with van der Waals surface area (Å²) in [7, 11) is 0. The fourth-order valence-corrected chi connectivity index (χ4v) is 2.24. The van der Waals surface area contributed by atoms with Gasteiger partial charge in [0.05, 0.1) is 11.4 Å². The first-order chi connectivity index (χ1) is 7.39. The summed E-state index contributed by atoms with van der Waals surface area (Å²) in [5, 5.41) is 13.1. The van der Waals surface area contributed by atoms with Gasteiger partial charge in [0, 0.05) is 24.2 Å². The lowest BCUT2D eigenvalue weighted by Gasteiger charge is -2.44. The molecular formula is C13H20N2O. The van der Waals surface area contributed by atoms with Gasteiger partial charge in [-0.15, -0.1) is 0 Å². The van der Waals surface area contributed by atoms with E-state index in [-0.39, 0.29) is 5.54 Å². The molecule has 2 rings (SSSR count). The van der Waals surface area contributed by atoms with Crippen molar-refractivity contribution in [2.75, 3.05) is 16.8 Å². The summed E-state index contributed by atoms with van der Waals surface area (Å²) in [6, 6.07) is 5.94. The molecule has 1 aliphatic rings. The van der Waals surface area contributed by atoms with Crippen molar-refractivity contribution >= 4 is 11.4 Å². The molecule has 0 aromatic heterocycles. The number of hydrogen-bond donors (Lipinski definition) is 2. The van der Waals surface area contributed by atoms with Crippen molar-refractivity contribution in [2.45, 2.75) is 39.3 Å². The number of nitrogens with one attached hydrogen (secondary N) is 1. The van der Waals surface area contributed by atoms with Gasteiger partial charge >= 0.3 is 0 Å². The SMILES string of the molecule is CC(C)N1CC(C)(C)Nc2ccc(O)cc21. The maximum atomic E-state index is 9.56. The summed E-state index contributed by atoms with van der Waals surface area (Å²) in [5.74, 6) is 0.325. The van der Waals surface area contributed by atoms with Crippen LogP contribution in [-0.2, 0) is 0 Å². The molecule has 0 atom stereocenters. The summed E-state index contributed by atoms with van der Waals surface area (Å²) in [6.07, 6.45) is 0. The number of fused-ring (bicyclic) bond motifs is 1. The minimum atomic E-state index is 0.0637. The lowest BCUT2D eigenvalue weighted by molar-refractivity contribution is 0.471. The highest BCUT2D eigenvalue weighted by atomic mass is 16.3. The van der Waals surface area contributed by atoms with E-state index in [9.17, 15) is 5.11 Å². The van der Waals surface area contributed by atoms with Crippen molar-refractivity contribution in [2.24, 2.45) is 0 Å². The van der Waals surface area contributed by atoms with Gasteiger partial charge in [-0.3, -0.25) is 0 Å². The molecule has 0 unspecified atom stereocenters. The molecule has 2 N–H and O–H groups in total. The highest BCUT2D eigenvalue weighted by molar-refractivity contribution is 5.75. The predicted octanol–water partition coefficient (Wildman–Crippen LogP) is 2.81. The van der Waals surface area contributed by atoms with Crippen LogP contribution in [-0.4, -0.2) is 23.2 Å². The molecule has 0 aliphatic carbocycles. The number of aromatic hydroxyl groups is 1. The van der Waals surface area contributed by atoms with Crippen LogP contribution >= 0.6 is 0 Å². The molecule has 1 aromatic rings. The topological polar surface area (TPSA) is 35.5 Å². The Hall–Kier alpha value is -1.38. The summed E-state index contributed by atoms with van der Waals surface area (Å²) in [4.78, 5) is 2.32. The van der Waals surface area contributed by atoms with Crippen molar-refractivity contribution in [1.29, 1.82) is 0 Å². The second-order valence-electron chi connectivity index (χ2n) is 5.43. The maximum absolute atomic E-state index is 9.56. The van der Waals surface area contributed by atoms with Crippen molar-refractivity contribution in [1.82, 2.24) is 0 Å². The van der Waals surface area contributed by atoms with Crippen molar-refractivity contribution in [3.05, 3.63) is 18.2 Å². The van der Waals surface area contributed by atoms with Gasteiger partial charge < -0.3 is 15.3 Å². The van der Waals surface area contributed by atoms with Crippen molar-refractivity contribution in [3.8, 4) is 5.75 Å². The highest BCUT2D eigenvalue weighted by Crippen LogP contribution is 2.37. The fourth-order valence-electron chi connectivity index (χ4n) is 2.24. The first-order valence-corrected chi connectivity index (χ1v) is 5.77. The first-order valence-electron chi connectivity index (χ1n) is 5.77. The zero-order valence-corrected chi connectivity index (χ0v) is 10.4. The number of phenols is 1. The molecule has 0 saturated carbocycles. The zero-order valence-electron chi connectivity index (χ0n) is 10.4. The standard InChI is InChI=1S/C13H20N2O/c1-9(2)15-8-13(3,4)14-11-6-5-10(16)7-12(11)15/h5-7,9,14,16H,8H2,1-4H3. The number of benzene rings is 1. The van der Waals surface area contributed by atoms with Gasteiger partial charge in [-0.05, 0) is 39.8 Å². The van der Waals surface area contributed by atoms with Gasteiger partial charge in [0.1, 0.15) is 5.75 Å². The summed E-state index contributed by atoms with van der Waals surface area (Å²) < 4.78 is 0. The molecule has 0 amide bonds. The first kappa shape index (κ1) is 11.1. The molecule has 0 radical (unpaired) electrons. The molecule has 0 bridgehead atoms. The van der Waals surface area contributed by atoms with Gasteiger partial charge in [-0.25, -0.2) is 0 Å².